The van der Waals surface area contributed by atoms with Crippen molar-refractivity contribution >= 4 is 17.7 Å². The first-order valence-corrected chi connectivity index (χ1v) is 5.03. The highest BCUT2D eigenvalue weighted by Gasteiger charge is 1.98. The number of allylic oxidation sites excluding steroid dienone is 1. The van der Waals surface area contributed by atoms with Gasteiger partial charge in [0, 0.05) is 0 Å². The second-order valence-corrected chi connectivity index (χ2v) is 3.93. The number of hydrogen-bond acceptors (Lipinski definition) is 1. The van der Waals surface area contributed by atoms with Crippen LogP contribution in [-0.2, 0) is 0 Å². The summed E-state index contributed by atoms with van der Waals surface area (Å²) in [5.41, 5.74) is 2.31. The molecule has 0 aliphatic rings. The molecule has 0 aromatic heterocycles. The molecule has 2 heteroatoms. The standard InChI is InChI=1S/C12H15ClO/c1-9(10(2)13)8-11-4-6-12(14-3)7-5-11/h4-8,10H,1-3H3/b9-8-. The number of halogens is 1. The molecule has 0 amide bonds. The Hall–Kier alpha value is -0.950. The molecular weight excluding hydrogens is 196 g/mol. The Labute approximate surface area is 90.3 Å². The molecule has 0 aliphatic carbocycles. The third kappa shape index (κ3) is 3.08. The lowest BCUT2D eigenvalue weighted by molar-refractivity contribution is 0.415. The molecule has 0 saturated carbocycles. The van der Waals surface area contributed by atoms with Crippen molar-refractivity contribution < 1.29 is 4.74 Å². The summed E-state index contributed by atoms with van der Waals surface area (Å²) in [6.07, 6.45) is 2.08. The second-order valence-electron chi connectivity index (χ2n) is 3.28. The van der Waals surface area contributed by atoms with Crippen LogP contribution in [-0.4, -0.2) is 12.5 Å². The Morgan fingerprint density at radius 2 is 1.93 bits per heavy atom. The van der Waals surface area contributed by atoms with E-state index in [1.165, 1.54) is 0 Å². The average molecular weight is 211 g/mol. The molecule has 1 atom stereocenters. The zero-order valence-electron chi connectivity index (χ0n) is 8.75. The molecule has 1 nitrogen and oxygen atoms in total. The van der Waals surface area contributed by atoms with E-state index in [1.807, 2.05) is 38.1 Å². The van der Waals surface area contributed by atoms with Crippen molar-refractivity contribution in [3.63, 3.8) is 0 Å². The number of alkyl halides is 1. The first-order valence-electron chi connectivity index (χ1n) is 4.60. The average Bonchev–Trinajstić information content (AvgIpc) is 2.19. The van der Waals surface area contributed by atoms with E-state index < -0.39 is 0 Å². The Balaban J connectivity index is 2.83. The second kappa shape index (κ2) is 5.06. The van der Waals surface area contributed by atoms with Gasteiger partial charge in [0.05, 0.1) is 12.5 Å². The molecule has 14 heavy (non-hydrogen) atoms. The summed E-state index contributed by atoms with van der Waals surface area (Å²) in [5, 5.41) is 0.0806. The normalized spacial score (nSPS) is 13.9. The fourth-order valence-electron chi connectivity index (χ4n) is 1.08. The highest BCUT2D eigenvalue weighted by atomic mass is 35.5. The minimum Gasteiger partial charge on any atom is -0.497 e. The van der Waals surface area contributed by atoms with E-state index in [4.69, 9.17) is 16.3 Å². The molecule has 0 aliphatic heterocycles. The van der Waals surface area contributed by atoms with Gasteiger partial charge in [-0.25, -0.2) is 0 Å². The fraction of sp³-hybridized carbons (Fsp3) is 0.333. The number of ether oxygens (including phenoxy) is 1. The van der Waals surface area contributed by atoms with E-state index in [0.29, 0.717) is 0 Å². The molecule has 1 unspecified atom stereocenters. The highest BCUT2D eigenvalue weighted by molar-refractivity contribution is 6.22. The predicted molar refractivity (Wildman–Crippen MR) is 62.0 cm³/mol. The quantitative estimate of drug-likeness (QED) is 0.691. The summed E-state index contributed by atoms with van der Waals surface area (Å²) in [4.78, 5) is 0. The van der Waals surface area contributed by atoms with E-state index in [1.54, 1.807) is 7.11 Å². The van der Waals surface area contributed by atoms with Crippen LogP contribution in [0.2, 0.25) is 0 Å². The number of benzene rings is 1. The van der Waals surface area contributed by atoms with Gasteiger partial charge in [-0.1, -0.05) is 23.8 Å². The first kappa shape index (κ1) is 11.1. The lowest BCUT2D eigenvalue weighted by Gasteiger charge is -2.03. The maximum atomic E-state index is 5.94. The third-order valence-electron chi connectivity index (χ3n) is 2.14. The van der Waals surface area contributed by atoms with E-state index >= 15 is 0 Å². The zero-order valence-corrected chi connectivity index (χ0v) is 9.51. The molecule has 1 rings (SSSR count). The highest BCUT2D eigenvalue weighted by Crippen LogP contribution is 2.16. The Kier molecular flexibility index (Phi) is 4.02. The Morgan fingerprint density at radius 3 is 2.36 bits per heavy atom. The van der Waals surface area contributed by atoms with Crippen molar-refractivity contribution in [3.05, 3.63) is 35.4 Å². The first-order chi connectivity index (χ1) is 6.63. The summed E-state index contributed by atoms with van der Waals surface area (Å²) in [5.74, 6) is 0.874. The van der Waals surface area contributed by atoms with Gasteiger partial charge >= 0.3 is 0 Å². The van der Waals surface area contributed by atoms with Gasteiger partial charge in [0.1, 0.15) is 5.75 Å². The molecule has 0 spiro atoms. The van der Waals surface area contributed by atoms with Crippen LogP contribution < -0.4 is 4.74 Å². The van der Waals surface area contributed by atoms with Gasteiger partial charge in [-0.05, 0) is 31.5 Å². The monoisotopic (exact) mass is 210 g/mol. The molecule has 0 saturated heterocycles. The maximum absolute atomic E-state index is 5.94. The van der Waals surface area contributed by atoms with E-state index in [-0.39, 0.29) is 5.38 Å². The van der Waals surface area contributed by atoms with Crippen molar-refractivity contribution in [2.24, 2.45) is 0 Å². The van der Waals surface area contributed by atoms with Gasteiger partial charge in [0.15, 0.2) is 0 Å². The van der Waals surface area contributed by atoms with Crippen LogP contribution in [0, 0.1) is 0 Å². The van der Waals surface area contributed by atoms with Crippen molar-refractivity contribution in [1.82, 2.24) is 0 Å². The molecule has 0 bridgehead atoms. The van der Waals surface area contributed by atoms with Crippen LogP contribution in [0.3, 0.4) is 0 Å². The van der Waals surface area contributed by atoms with Crippen LogP contribution in [0.25, 0.3) is 6.08 Å². The van der Waals surface area contributed by atoms with Crippen LogP contribution in [0.5, 0.6) is 5.75 Å². The molecular formula is C12H15ClO. The molecule has 1 aromatic carbocycles. The summed E-state index contributed by atoms with van der Waals surface area (Å²) in [6.45, 7) is 4.00. The molecule has 0 heterocycles. The van der Waals surface area contributed by atoms with Crippen molar-refractivity contribution in [2.75, 3.05) is 7.11 Å². The lowest BCUT2D eigenvalue weighted by Crippen LogP contribution is -1.91. The minimum absolute atomic E-state index is 0.0806. The summed E-state index contributed by atoms with van der Waals surface area (Å²) >= 11 is 5.94. The van der Waals surface area contributed by atoms with Crippen molar-refractivity contribution in [3.8, 4) is 5.75 Å². The Bertz CT molecular complexity index is 312. The van der Waals surface area contributed by atoms with Gasteiger partial charge in [0.2, 0.25) is 0 Å². The van der Waals surface area contributed by atoms with Crippen LogP contribution >= 0.6 is 11.6 Å². The predicted octanol–water partition coefficient (Wildman–Crippen LogP) is 3.73. The van der Waals surface area contributed by atoms with Crippen LogP contribution in [0.1, 0.15) is 19.4 Å². The molecule has 0 N–H and O–H groups in total. The number of rotatable bonds is 3. The largest absolute Gasteiger partial charge is 0.497 e. The van der Waals surface area contributed by atoms with Gasteiger partial charge in [-0.2, -0.15) is 0 Å². The fourth-order valence-corrected chi connectivity index (χ4v) is 1.14. The van der Waals surface area contributed by atoms with E-state index in [0.717, 1.165) is 16.9 Å². The summed E-state index contributed by atoms with van der Waals surface area (Å²) < 4.78 is 5.07. The van der Waals surface area contributed by atoms with E-state index in [2.05, 4.69) is 6.08 Å². The third-order valence-corrected chi connectivity index (χ3v) is 2.48. The molecule has 0 fully saturated rings. The van der Waals surface area contributed by atoms with Crippen molar-refractivity contribution in [1.29, 1.82) is 0 Å². The van der Waals surface area contributed by atoms with Crippen LogP contribution in [0.15, 0.2) is 29.8 Å². The molecule has 76 valence electrons. The minimum atomic E-state index is 0.0806. The van der Waals surface area contributed by atoms with Crippen LogP contribution in [0.4, 0.5) is 0 Å². The smallest absolute Gasteiger partial charge is 0.118 e. The van der Waals surface area contributed by atoms with Gasteiger partial charge in [0.25, 0.3) is 0 Å². The zero-order chi connectivity index (χ0) is 10.6. The van der Waals surface area contributed by atoms with E-state index in [9.17, 15) is 0 Å². The summed E-state index contributed by atoms with van der Waals surface area (Å²) in [6, 6.07) is 7.92. The lowest BCUT2D eigenvalue weighted by atomic mass is 10.1. The molecule has 0 radical (unpaired) electrons. The SMILES string of the molecule is COc1ccc(/C=C(/C)C(C)Cl)cc1. The summed E-state index contributed by atoms with van der Waals surface area (Å²) in [7, 11) is 1.66. The Morgan fingerprint density at radius 1 is 1.36 bits per heavy atom. The number of hydrogen-bond donors (Lipinski definition) is 0. The van der Waals surface area contributed by atoms with Gasteiger partial charge in [-0.15, -0.1) is 11.6 Å². The maximum Gasteiger partial charge on any atom is 0.118 e. The topological polar surface area (TPSA) is 9.23 Å². The van der Waals surface area contributed by atoms with Gasteiger partial charge in [-0.3, -0.25) is 0 Å². The van der Waals surface area contributed by atoms with Crippen molar-refractivity contribution in [2.45, 2.75) is 19.2 Å². The number of methoxy groups -OCH3 is 1. The molecule has 1 aromatic rings. The van der Waals surface area contributed by atoms with Gasteiger partial charge < -0.3 is 4.74 Å².